The van der Waals surface area contributed by atoms with Gasteiger partial charge in [0.25, 0.3) is 0 Å². The lowest BCUT2D eigenvalue weighted by atomic mass is 10.2. The van der Waals surface area contributed by atoms with Crippen molar-refractivity contribution in [1.82, 2.24) is 30.2 Å². The van der Waals surface area contributed by atoms with Gasteiger partial charge in [-0.25, -0.2) is 4.98 Å². The predicted molar refractivity (Wildman–Crippen MR) is 88.3 cm³/mol. The third-order valence-electron chi connectivity index (χ3n) is 3.33. The van der Waals surface area contributed by atoms with Crippen molar-refractivity contribution in [3.63, 3.8) is 0 Å². The van der Waals surface area contributed by atoms with Crippen molar-refractivity contribution in [2.45, 2.75) is 6.42 Å². The zero-order valence-corrected chi connectivity index (χ0v) is 12.9. The molecule has 0 bridgehead atoms. The number of hydrogen-bond acceptors (Lipinski definition) is 7. The molecule has 1 aromatic carbocycles. The Bertz CT molecular complexity index is 916. The number of benzene rings is 1. The van der Waals surface area contributed by atoms with Crippen LogP contribution in [0.5, 0.6) is 0 Å². The summed E-state index contributed by atoms with van der Waals surface area (Å²) in [5.41, 5.74) is 2.86. The highest BCUT2D eigenvalue weighted by molar-refractivity contribution is 7.13. The number of anilines is 1. The van der Waals surface area contributed by atoms with E-state index in [1.54, 1.807) is 11.3 Å². The minimum atomic E-state index is 0.627. The number of thiazole rings is 1. The molecule has 0 aliphatic heterocycles. The average Bonchev–Trinajstić information content (AvgIpc) is 3.24. The maximum Gasteiger partial charge on any atom is 0.200 e. The van der Waals surface area contributed by atoms with Gasteiger partial charge in [-0.3, -0.25) is 0 Å². The molecule has 0 aliphatic carbocycles. The number of fused-ring (bicyclic) bond motifs is 1. The van der Waals surface area contributed by atoms with E-state index in [4.69, 9.17) is 0 Å². The molecule has 1 N–H and O–H groups in total. The summed E-state index contributed by atoms with van der Waals surface area (Å²) in [5, 5.41) is 21.8. The number of tetrazole rings is 1. The van der Waals surface area contributed by atoms with E-state index in [9.17, 15) is 0 Å². The smallest absolute Gasteiger partial charge is 0.200 e. The average molecular weight is 323 g/mol. The molecule has 4 aromatic rings. The van der Waals surface area contributed by atoms with Gasteiger partial charge in [-0.2, -0.15) is 0 Å². The molecule has 7 nitrogen and oxygen atoms in total. The molecular weight excluding hydrogens is 310 g/mol. The summed E-state index contributed by atoms with van der Waals surface area (Å²) in [5.74, 6) is 0.739. The number of nitrogens with one attached hydrogen (secondary N) is 1. The maximum absolute atomic E-state index is 4.67. The molecule has 3 heterocycles. The maximum atomic E-state index is 4.67. The quantitative estimate of drug-likeness (QED) is 0.607. The number of rotatable bonds is 5. The van der Waals surface area contributed by atoms with E-state index in [0.29, 0.717) is 5.65 Å². The van der Waals surface area contributed by atoms with Gasteiger partial charge in [-0.1, -0.05) is 30.3 Å². The van der Waals surface area contributed by atoms with Crippen molar-refractivity contribution in [3.8, 4) is 10.6 Å². The number of hydrogen-bond donors (Lipinski definition) is 1. The first-order valence-electron chi connectivity index (χ1n) is 7.18. The van der Waals surface area contributed by atoms with Crippen molar-refractivity contribution in [2.24, 2.45) is 0 Å². The van der Waals surface area contributed by atoms with Crippen LogP contribution in [0.4, 0.5) is 5.82 Å². The Hall–Kier alpha value is -2.87. The van der Waals surface area contributed by atoms with E-state index >= 15 is 0 Å². The topological polar surface area (TPSA) is 80.9 Å². The monoisotopic (exact) mass is 323 g/mol. The molecule has 0 unspecified atom stereocenters. The van der Waals surface area contributed by atoms with Crippen LogP contribution in [0.15, 0.2) is 47.8 Å². The molecule has 0 saturated heterocycles. The van der Waals surface area contributed by atoms with Crippen molar-refractivity contribution < 1.29 is 0 Å². The normalized spacial score (nSPS) is 11.0. The highest BCUT2D eigenvalue weighted by Gasteiger charge is 2.05. The summed E-state index contributed by atoms with van der Waals surface area (Å²) in [6, 6.07) is 13.9. The summed E-state index contributed by atoms with van der Waals surface area (Å²) < 4.78 is 1.40. The fourth-order valence-corrected chi connectivity index (χ4v) is 3.06. The second-order valence-electron chi connectivity index (χ2n) is 4.93. The van der Waals surface area contributed by atoms with E-state index in [1.165, 1.54) is 4.63 Å². The van der Waals surface area contributed by atoms with E-state index in [1.807, 2.05) is 30.3 Å². The van der Waals surface area contributed by atoms with Gasteiger partial charge < -0.3 is 5.32 Å². The summed E-state index contributed by atoms with van der Waals surface area (Å²) in [4.78, 5) is 4.67. The van der Waals surface area contributed by atoms with Gasteiger partial charge in [-0.05, 0) is 22.6 Å². The molecule has 3 aromatic heterocycles. The number of nitrogens with zero attached hydrogens (tertiary/aromatic N) is 6. The Kier molecular flexibility index (Phi) is 3.65. The van der Waals surface area contributed by atoms with Crippen molar-refractivity contribution in [1.29, 1.82) is 0 Å². The zero-order valence-electron chi connectivity index (χ0n) is 12.1. The van der Waals surface area contributed by atoms with Crippen LogP contribution < -0.4 is 5.32 Å². The van der Waals surface area contributed by atoms with Crippen molar-refractivity contribution >= 4 is 22.8 Å². The van der Waals surface area contributed by atoms with Crippen LogP contribution in [0, 0.1) is 0 Å². The lowest BCUT2D eigenvalue weighted by Gasteiger charge is -2.03. The fourth-order valence-electron chi connectivity index (χ4n) is 2.20. The third kappa shape index (κ3) is 3.02. The SMILES string of the molecule is c1ccc(-c2nc(CCNc3ccc4nnnn4n3)cs2)cc1. The van der Waals surface area contributed by atoms with Gasteiger partial charge >= 0.3 is 0 Å². The Labute approximate surface area is 136 Å². The summed E-state index contributed by atoms with van der Waals surface area (Å²) in [6.45, 7) is 0.749. The standard InChI is InChI=1S/C15H13N7S/c1-2-4-11(5-3-1)15-17-12(10-23-15)8-9-16-13-6-7-14-18-20-21-22(14)19-13/h1-7,10H,8-9H2,(H,16,19). The molecule has 0 spiro atoms. The largest absolute Gasteiger partial charge is 0.368 e. The Balaban J connectivity index is 1.38. The third-order valence-corrected chi connectivity index (χ3v) is 4.27. The predicted octanol–water partition coefficient (Wildman–Crippen LogP) is 2.30. The van der Waals surface area contributed by atoms with Gasteiger partial charge in [0.1, 0.15) is 10.8 Å². The zero-order chi connectivity index (χ0) is 15.5. The van der Waals surface area contributed by atoms with E-state index in [-0.39, 0.29) is 0 Å². The van der Waals surface area contributed by atoms with Crippen LogP contribution in [-0.2, 0) is 6.42 Å². The van der Waals surface area contributed by atoms with Crippen LogP contribution in [0.25, 0.3) is 16.2 Å². The summed E-state index contributed by atoms with van der Waals surface area (Å²) >= 11 is 1.67. The number of aromatic nitrogens is 6. The lowest BCUT2D eigenvalue weighted by molar-refractivity contribution is 0.733. The molecule has 0 aliphatic rings. The second-order valence-corrected chi connectivity index (χ2v) is 5.79. The summed E-state index contributed by atoms with van der Waals surface area (Å²) in [7, 11) is 0. The lowest BCUT2D eigenvalue weighted by Crippen LogP contribution is -2.08. The van der Waals surface area contributed by atoms with Gasteiger partial charge in [0.05, 0.1) is 5.69 Å². The molecule has 4 rings (SSSR count). The molecule has 0 atom stereocenters. The van der Waals surface area contributed by atoms with Crippen molar-refractivity contribution in [3.05, 3.63) is 53.5 Å². The fraction of sp³-hybridized carbons (Fsp3) is 0.133. The Morgan fingerprint density at radius 2 is 2.00 bits per heavy atom. The van der Waals surface area contributed by atoms with Crippen LogP contribution in [0.1, 0.15) is 5.69 Å². The van der Waals surface area contributed by atoms with Crippen LogP contribution in [0.3, 0.4) is 0 Å². The van der Waals surface area contributed by atoms with Gasteiger partial charge in [0.2, 0.25) is 0 Å². The highest BCUT2D eigenvalue weighted by Crippen LogP contribution is 2.23. The minimum absolute atomic E-state index is 0.627. The molecular formula is C15H13N7S. The molecule has 0 radical (unpaired) electrons. The molecule has 0 amide bonds. The first kappa shape index (κ1) is 13.8. The molecule has 0 fully saturated rings. The first-order chi connectivity index (χ1) is 11.4. The first-order valence-corrected chi connectivity index (χ1v) is 8.05. The molecule has 114 valence electrons. The van der Waals surface area contributed by atoms with Gasteiger partial charge in [0.15, 0.2) is 5.65 Å². The summed E-state index contributed by atoms with van der Waals surface area (Å²) in [6.07, 6.45) is 0.832. The molecule has 0 saturated carbocycles. The second kappa shape index (κ2) is 6.09. The van der Waals surface area contributed by atoms with Crippen molar-refractivity contribution in [2.75, 3.05) is 11.9 Å². The van der Waals surface area contributed by atoms with Crippen LogP contribution in [-0.4, -0.2) is 36.8 Å². The van der Waals surface area contributed by atoms with E-state index in [2.05, 4.69) is 48.4 Å². The van der Waals surface area contributed by atoms with E-state index in [0.717, 1.165) is 35.0 Å². The molecule has 8 heteroatoms. The Morgan fingerprint density at radius 1 is 1.09 bits per heavy atom. The molecule has 23 heavy (non-hydrogen) atoms. The van der Waals surface area contributed by atoms with E-state index < -0.39 is 0 Å². The highest BCUT2D eigenvalue weighted by atomic mass is 32.1. The van der Waals surface area contributed by atoms with Gasteiger partial charge in [0, 0.05) is 23.9 Å². The van der Waals surface area contributed by atoms with Crippen LogP contribution in [0.2, 0.25) is 0 Å². The minimum Gasteiger partial charge on any atom is -0.368 e. The van der Waals surface area contributed by atoms with Gasteiger partial charge in [-0.15, -0.1) is 26.2 Å². The van der Waals surface area contributed by atoms with Crippen LogP contribution >= 0.6 is 11.3 Å². The Morgan fingerprint density at radius 3 is 2.91 bits per heavy atom.